The molecule has 0 saturated carbocycles. The third-order valence-corrected chi connectivity index (χ3v) is 7.35. The normalized spacial score (nSPS) is 24.0. The number of allylic oxidation sites excluding steroid dienone is 2. The summed E-state index contributed by atoms with van der Waals surface area (Å²) in [7, 11) is 0. The topological polar surface area (TPSA) is 114 Å². The molecule has 0 spiro atoms. The molecule has 2 fully saturated rings. The molecule has 3 atom stereocenters. The Morgan fingerprint density at radius 1 is 1.23 bits per heavy atom. The van der Waals surface area contributed by atoms with E-state index in [9.17, 15) is 23.1 Å². The highest BCUT2D eigenvalue weighted by Gasteiger charge is 2.38. The van der Waals surface area contributed by atoms with Gasteiger partial charge in [0, 0.05) is 42.5 Å². The Morgan fingerprint density at radius 3 is 2.80 bits per heavy atom. The Morgan fingerprint density at radius 2 is 2.05 bits per heavy atom. The third kappa shape index (κ3) is 4.70. The SMILES string of the molecule is CCOC1=CN2NC3NNCC3=C2C(c2ccc(N3CC[C@H](NC(=O)c4c(F)ccc(F)c4F)[C@H](O)C3)nc2)=C1. The molecule has 40 heavy (non-hydrogen) atoms. The lowest BCUT2D eigenvalue weighted by atomic mass is 9.97. The van der Waals surface area contributed by atoms with Gasteiger partial charge in [-0.05, 0) is 43.7 Å². The van der Waals surface area contributed by atoms with Gasteiger partial charge < -0.3 is 20.1 Å². The number of fused-ring (bicyclic) bond motifs is 2. The Labute approximate surface area is 228 Å². The predicted molar refractivity (Wildman–Crippen MR) is 139 cm³/mol. The summed E-state index contributed by atoms with van der Waals surface area (Å²) in [6.07, 6.45) is 4.90. The number of nitrogens with zero attached hydrogens (tertiary/aromatic N) is 3. The van der Waals surface area contributed by atoms with E-state index in [-0.39, 0.29) is 12.7 Å². The van der Waals surface area contributed by atoms with Crippen LogP contribution in [-0.4, -0.2) is 65.6 Å². The van der Waals surface area contributed by atoms with Crippen molar-refractivity contribution in [3.8, 4) is 0 Å². The number of hydrogen-bond acceptors (Lipinski definition) is 9. The second-order valence-corrected chi connectivity index (χ2v) is 9.83. The maximum absolute atomic E-state index is 14.0. The summed E-state index contributed by atoms with van der Waals surface area (Å²) >= 11 is 0. The number of β-amino-alcohol motifs (C(OH)–C–C–N with tert-alkyl or cyclic N) is 1. The van der Waals surface area contributed by atoms with Gasteiger partial charge in [-0.3, -0.25) is 15.2 Å². The van der Waals surface area contributed by atoms with Crippen LogP contribution >= 0.6 is 0 Å². The van der Waals surface area contributed by atoms with E-state index in [1.807, 2.05) is 41.2 Å². The standard InChI is InChI=1S/C27H28F3N7O3/c1-2-40-15-9-16(25-17-11-32-34-26(17)35-37(25)12-15)14-3-6-22(31-10-14)36-8-7-20(21(38)13-36)33-27(39)23-18(28)4-5-19(29)24(23)30/h3-6,9-10,12,20-21,26,32,34-35,38H,2,7-8,11,13H2,1H3,(H,33,39)/t20-,21+,26?/m0/s1. The number of aromatic nitrogens is 1. The summed E-state index contributed by atoms with van der Waals surface area (Å²) in [5, 5.41) is 15.1. The van der Waals surface area contributed by atoms with Crippen molar-refractivity contribution in [2.75, 3.05) is 31.1 Å². The fourth-order valence-electron chi connectivity index (χ4n) is 5.39. The van der Waals surface area contributed by atoms with Crippen molar-refractivity contribution in [3.63, 3.8) is 0 Å². The summed E-state index contributed by atoms with van der Waals surface area (Å²) in [6, 6.07) is 4.35. The summed E-state index contributed by atoms with van der Waals surface area (Å²) in [4.78, 5) is 19.0. The number of carbonyl (C=O) groups excluding carboxylic acids is 1. The molecule has 1 unspecified atom stereocenters. The number of rotatable bonds is 6. The highest BCUT2D eigenvalue weighted by molar-refractivity contribution is 5.95. The van der Waals surface area contributed by atoms with Crippen molar-refractivity contribution in [1.29, 1.82) is 0 Å². The molecule has 6 rings (SSSR count). The number of pyridine rings is 1. The van der Waals surface area contributed by atoms with Crippen LogP contribution in [0.25, 0.3) is 5.57 Å². The summed E-state index contributed by atoms with van der Waals surface area (Å²) in [5.41, 5.74) is 12.8. The minimum absolute atomic E-state index is 0.0277. The first-order valence-corrected chi connectivity index (χ1v) is 13.0. The molecule has 5 heterocycles. The van der Waals surface area contributed by atoms with Crippen LogP contribution < -0.4 is 26.5 Å². The van der Waals surface area contributed by atoms with E-state index in [1.165, 1.54) is 5.57 Å². The van der Waals surface area contributed by atoms with Crippen LogP contribution in [0.1, 0.15) is 29.3 Å². The first-order chi connectivity index (χ1) is 19.3. The van der Waals surface area contributed by atoms with E-state index in [0.29, 0.717) is 44.1 Å². The number of carbonyl (C=O) groups is 1. The molecule has 5 N–H and O–H groups in total. The van der Waals surface area contributed by atoms with Gasteiger partial charge in [0.05, 0.1) is 30.6 Å². The lowest BCUT2D eigenvalue weighted by molar-refractivity contribution is 0.0789. The van der Waals surface area contributed by atoms with Crippen molar-refractivity contribution < 1.29 is 27.8 Å². The van der Waals surface area contributed by atoms with E-state index in [0.717, 1.165) is 22.6 Å². The first-order valence-electron chi connectivity index (χ1n) is 13.0. The molecule has 0 radical (unpaired) electrons. The van der Waals surface area contributed by atoms with Gasteiger partial charge in [0.15, 0.2) is 11.6 Å². The second-order valence-electron chi connectivity index (χ2n) is 9.83. The monoisotopic (exact) mass is 555 g/mol. The number of piperidine rings is 1. The minimum Gasteiger partial charge on any atom is -0.492 e. The summed E-state index contributed by atoms with van der Waals surface area (Å²) in [6.45, 7) is 3.70. The smallest absolute Gasteiger partial charge is 0.257 e. The highest BCUT2D eigenvalue weighted by Crippen LogP contribution is 2.38. The van der Waals surface area contributed by atoms with E-state index < -0.39 is 41.1 Å². The number of aliphatic hydroxyl groups is 1. The Balaban J connectivity index is 1.16. The number of hydrazine groups is 2. The quantitative estimate of drug-likeness (QED) is 0.340. The minimum atomic E-state index is -1.56. The fraction of sp³-hybridized carbons (Fsp3) is 0.333. The average Bonchev–Trinajstić information content (AvgIpc) is 3.53. The number of anilines is 1. The van der Waals surface area contributed by atoms with Crippen LogP contribution in [0.4, 0.5) is 19.0 Å². The number of nitrogens with one attached hydrogen (secondary N) is 4. The largest absolute Gasteiger partial charge is 0.492 e. The van der Waals surface area contributed by atoms with Crippen LogP contribution in [0.3, 0.4) is 0 Å². The van der Waals surface area contributed by atoms with Crippen molar-refractivity contribution in [2.24, 2.45) is 0 Å². The zero-order valence-electron chi connectivity index (χ0n) is 21.5. The Kier molecular flexibility index (Phi) is 6.96. The van der Waals surface area contributed by atoms with Crippen molar-refractivity contribution in [3.05, 3.63) is 88.3 Å². The van der Waals surface area contributed by atoms with E-state index in [2.05, 4.69) is 26.6 Å². The van der Waals surface area contributed by atoms with Gasteiger partial charge in [0.25, 0.3) is 5.91 Å². The van der Waals surface area contributed by atoms with Gasteiger partial charge in [-0.25, -0.2) is 29.0 Å². The van der Waals surface area contributed by atoms with Crippen LogP contribution in [0.2, 0.25) is 0 Å². The van der Waals surface area contributed by atoms with Crippen LogP contribution in [0.5, 0.6) is 0 Å². The zero-order valence-corrected chi connectivity index (χ0v) is 21.5. The molecular weight excluding hydrogens is 527 g/mol. The van der Waals surface area contributed by atoms with Crippen molar-refractivity contribution >= 4 is 17.3 Å². The second kappa shape index (κ2) is 10.6. The van der Waals surface area contributed by atoms with Gasteiger partial charge in [-0.1, -0.05) is 0 Å². The van der Waals surface area contributed by atoms with E-state index >= 15 is 0 Å². The highest BCUT2D eigenvalue weighted by atomic mass is 19.2. The van der Waals surface area contributed by atoms with Crippen LogP contribution in [0, 0.1) is 17.5 Å². The van der Waals surface area contributed by atoms with Gasteiger partial charge in [0.2, 0.25) is 0 Å². The number of benzene rings is 1. The fourth-order valence-corrected chi connectivity index (χ4v) is 5.39. The molecule has 4 aliphatic heterocycles. The lowest BCUT2D eigenvalue weighted by Gasteiger charge is -2.37. The van der Waals surface area contributed by atoms with Gasteiger partial charge in [0.1, 0.15) is 29.1 Å². The van der Waals surface area contributed by atoms with Crippen LogP contribution in [-0.2, 0) is 4.74 Å². The van der Waals surface area contributed by atoms with Crippen molar-refractivity contribution in [2.45, 2.75) is 31.7 Å². The van der Waals surface area contributed by atoms with Gasteiger partial charge in [-0.15, -0.1) is 0 Å². The zero-order chi connectivity index (χ0) is 28.0. The molecular formula is C27H28F3N7O3. The molecule has 1 aromatic carbocycles. The lowest BCUT2D eigenvalue weighted by Crippen LogP contribution is -2.54. The maximum atomic E-state index is 14.0. The molecule has 10 nitrogen and oxygen atoms in total. The summed E-state index contributed by atoms with van der Waals surface area (Å²) < 4.78 is 47.3. The number of amides is 1. The molecule has 210 valence electrons. The molecule has 1 amide bonds. The molecule has 2 saturated heterocycles. The number of aliphatic hydroxyl groups excluding tert-OH is 1. The molecule has 4 aliphatic rings. The van der Waals surface area contributed by atoms with Crippen LogP contribution in [0.15, 0.2) is 59.8 Å². The molecule has 2 aromatic rings. The third-order valence-electron chi connectivity index (χ3n) is 7.35. The number of ether oxygens (including phenoxy) is 1. The van der Waals surface area contributed by atoms with Gasteiger partial charge >= 0.3 is 0 Å². The number of halogens is 3. The Bertz CT molecular complexity index is 1430. The maximum Gasteiger partial charge on any atom is 0.257 e. The average molecular weight is 556 g/mol. The first kappa shape index (κ1) is 26.3. The molecule has 0 aliphatic carbocycles. The molecule has 0 bridgehead atoms. The van der Waals surface area contributed by atoms with Crippen molar-refractivity contribution in [1.82, 2.24) is 31.6 Å². The van der Waals surface area contributed by atoms with E-state index in [1.54, 1.807) is 6.20 Å². The molecule has 13 heteroatoms. The number of hydrogen-bond donors (Lipinski definition) is 5. The predicted octanol–water partition coefficient (Wildman–Crippen LogP) is 1.65. The Hall–Kier alpha value is -3.91. The van der Waals surface area contributed by atoms with E-state index in [4.69, 9.17) is 4.74 Å². The van der Waals surface area contributed by atoms with Gasteiger partial charge in [-0.2, -0.15) is 0 Å². The molecule has 1 aromatic heterocycles. The summed E-state index contributed by atoms with van der Waals surface area (Å²) in [5.74, 6) is -3.82.